The second-order valence-electron chi connectivity index (χ2n) is 21.2. The van der Waals surface area contributed by atoms with E-state index in [-0.39, 0.29) is 32.6 Å². The zero-order valence-corrected chi connectivity index (χ0v) is 53.5. The molecular weight excluding hydrogens is 1050 g/mol. The molecule has 0 saturated carbocycles. The molecule has 0 aliphatic rings. The number of rotatable bonds is 60. The summed E-state index contributed by atoms with van der Waals surface area (Å²) in [6.45, 7) is 3.56. The third-order valence-electron chi connectivity index (χ3n) is 13.4. The van der Waals surface area contributed by atoms with Gasteiger partial charge in [0, 0.05) is 19.4 Å². The van der Waals surface area contributed by atoms with Gasteiger partial charge in [-0.2, -0.15) is 0 Å². The third-order valence-corrected chi connectivity index (χ3v) is 14.4. The molecule has 0 aliphatic heterocycles. The molecule has 0 spiro atoms. The van der Waals surface area contributed by atoms with Crippen LogP contribution >= 0.6 is 7.82 Å². The van der Waals surface area contributed by atoms with Crippen LogP contribution in [0, 0.1) is 0 Å². The summed E-state index contributed by atoms with van der Waals surface area (Å²) >= 11 is 0. The molecule has 2 atom stereocenters. The molecule has 0 amide bonds. The van der Waals surface area contributed by atoms with E-state index in [0.29, 0.717) is 6.42 Å². The number of hydrogen-bond acceptors (Lipinski definition) is 8. The minimum Gasteiger partial charge on any atom is -0.462 e. The van der Waals surface area contributed by atoms with Crippen LogP contribution < -0.4 is 5.73 Å². The molecule has 0 heterocycles. The van der Waals surface area contributed by atoms with Crippen molar-refractivity contribution in [3.8, 4) is 0 Å². The first-order valence-corrected chi connectivity index (χ1v) is 34.5. The van der Waals surface area contributed by atoms with E-state index in [4.69, 9.17) is 24.3 Å². The van der Waals surface area contributed by atoms with Gasteiger partial charge in [0.1, 0.15) is 6.61 Å². The van der Waals surface area contributed by atoms with Gasteiger partial charge in [0.2, 0.25) is 0 Å². The molecule has 470 valence electrons. The molecule has 9 nitrogen and oxygen atoms in total. The lowest BCUT2D eigenvalue weighted by Crippen LogP contribution is -2.29. The minimum atomic E-state index is -4.42. The molecule has 0 aromatic rings. The zero-order chi connectivity index (χ0) is 60.1. The molecule has 0 aromatic heterocycles. The number of carbonyl (C=O) groups is 2. The van der Waals surface area contributed by atoms with E-state index in [2.05, 4.69) is 172 Å². The van der Waals surface area contributed by atoms with Gasteiger partial charge in [0.15, 0.2) is 6.10 Å². The number of phosphoric ester groups is 1. The Labute approximate surface area is 509 Å². The van der Waals surface area contributed by atoms with Gasteiger partial charge >= 0.3 is 19.8 Å². The quantitative estimate of drug-likeness (QED) is 0.0264. The number of esters is 2. The van der Waals surface area contributed by atoms with Crippen molar-refractivity contribution in [1.29, 1.82) is 0 Å². The summed E-state index contributed by atoms with van der Waals surface area (Å²) in [5.41, 5.74) is 5.39. The molecule has 0 aliphatic carbocycles. The molecule has 10 heteroatoms. The van der Waals surface area contributed by atoms with Gasteiger partial charge in [0.25, 0.3) is 0 Å². The normalized spacial score (nSPS) is 14.0. The van der Waals surface area contributed by atoms with Crippen molar-refractivity contribution >= 4 is 19.8 Å². The van der Waals surface area contributed by atoms with Crippen LogP contribution in [0.25, 0.3) is 0 Å². The average Bonchev–Trinajstić information content (AvgIpc) is 3.49. The van der Waals surface area contributed by atoms with Crippen LogP contribution in [0.15, 0.2) is 158 Å². The third kappa shape index (κ3) is 66.6. The van der Waals surface area contributed by atoms with Crippen LogP contribution in [-0.4, -0.2) is 49.3 Å². The molecule has 0 radical (unpaired) electrons. The maximum Gasteiger partial charge on any atom is 0.472 e. The smallest absolute Gasteiger partial charge is 0.462 e. The largest absolute Gasteiger partial charge is 0.472 e. The first kappa shape index (κ1) is 78.6. The highest BCUT2D eigenvalue weighted by Gasteiger charge is 2.26. The fourth-order valence-electron chi connectivity index (χ4n) is 8.55. The van der Waals surface area contributed by atoms with Gasteiger partial charge in [-0.25, -0.2) is 4.57 Å². The van der Waals surface area contributed by atoms with Crippen LogP contribution in [-0.2, 0) is 32.7 Å². The van der Waals surface area contributed by atoms with Gasteiger partial charge in [-0.05, 0) is 128 Å². The summed E-state index contributed by atoms with van der Waals surface area (Å²) in [4.78, 5) is 35.3. The Hall–Kier alpha value is -4.37. The van der Waals surface area contributed by atoms with Crippen molar-refractivity contribution in [3.63, 3.8) is 0 Å². The van der Waals surface area contributed by atoms with Crippen LogP contribution in [0.4, 0.5) is 0 Å². The average molecular weight is 1170 g/mol. The SMILES string of the molecule is CC/C=C\C/C=C\C/C=C\C/C=C\C/C=C\C/C=C\C/C=C\C/C=C\C/C=C\C/C=C\CCCCC(=O)OC(COC(=O)CCCCCCCCCCCCCCCC/C=C\C/C=C\C/C=C\CCCCCCC)COP(=O)(O)OCCN. The van der Waals surface area contributed by atoms with E-state index in [1.54, 1.807) is 0 Å². The number of hydrogen-bond donors (Lipinski definition) is 2. The highest BCUT2D eigenvalue weighted by atomic mass is 31.2. The van der Waals surface area contributed by atoms with Gasteiger partial charge in [-0.3, -0.25) is 18.6 Å². The number of ether oxygens (including phenoxy) is 2. The fourth-order valence-corrected chi connectivity index (χ4v) is 9.32. The topological polar surface area (TPSA) is 134 Å². The number of phosphoric acid groups is 1. The maximum atomic E-state index is 12.7. The van der Waals surface area contributed by atoms with Gasteiger partial charge < -0.3 is 20.1 Å². The first-order chi connectivity index (χ1) is 40.8. The maximum absolute atomic E-state index is 12.7. The van der Waals surface area contributed by atoms with Crippen molar-refractivity contribution in [2.45, 2.75) is 264 Å². The Kier molecular flexibility index (Phi) is 63.3. The molecule has 0 bridgehead atoms. The van der Waals surface area contributed by atoms with E-state index in [1.165, 1.54) is 109 Å². The Morgan fingerprint density at radius 2 is 0.663 bits per heavy atom. The number of carbonyl (C=O) groups excluding carboxylic acids is 2. The lowest BCUT2D eigenvalue weighted by atomic mass is 10.0. The van der Waals surface area contributed by atoms with E-state index in [1.807, 2.05) is 0 Å². The lowest BCUT2D eigenvalue weighted by molar-refractivity contribution is -0.161. The van der Waals surface area contributed by atoms with Gasteiger partial charge in [-0.1, -0.05) is 275 Å². The Morgan fingerprint density at radius 1 is 0.373 bits per heavy atom. The monoisotopic (exact) mass is 1170 g/mol. The summed E-state index contributed by atoms with van der Waals surface area (Å²) < 4.78 is 33.1. The standard InChI is InChI=1S/C73H120NO8P/c1-3-5-7-9-11-13-15-17-19-21-23-25-27-29-31-33-34-35-36-38-40-42-44-46-48-50-52-54-56-58-60-62-64-66-73(76)82-71(70-81-83(77,78)80-68-67-74)69-79-72(75)65-63-61-59-57-55-53-51-49-47-45-43-41-39-37-32-30-28-26-24-22-20-18-16-14-12-10-8-6-4-2/h5,7,11,13,16-19,22-25,28-31,34-35,38,40,44,46,50,52,56,58,71H,3-4,6,8-10,12,14-15,20-21,26-27,32-33,36-37,39,41-43,45,47-49,51,53-55,57,59-70,74H2,1-2H3,(H,77,78)/b7-5-,13-11-,18-16-,19-17-,24-22-,25-23-,30-28-,31-29-,35-34-,40-38-,46-44-,52-50-,58-56-. The molecule has 3 N–H and O–H groups in total. The van der Waals surface area contributed by atoms with Crippen molar-refractivity contribution in [1.82, 2.24) is 0 Å². The van der Waals surface area contributed by atoms with Crippen LogP contribution in [0.2, 0.25) is 0 Å². The predicted molar refractivity (Wildman–Crippen MR) is 357 cm³/mol. The van der Waals surface area contributed by atoms with E-state index in [9.17, 15) is 19.0 Å². The molecule has 83 heavy (non-hydrogen) atoms. The lowest BCUT2D eigenvalue weighted by Gasteiger charge is -2.19. The highest BCUT2D eigenvalue weighted by Crippen LogP contribution is 2.43. The number of unbranched alkanes of at least 4 members (excludes halogenated alkanes) is 21. The van der Waals surface area contributed by atoms with Crippen LogP contribution in [0.5, 0.6) is 0 Å². The fraction of sp³-hybridized carbons (Fsp3) is 0.616. The summed E-state index contributed by atoms with van der Waals surface area (Å²) in [6.07, 6.45) is 97.5. The second kappa shape index (κ2) is 66.8. The molecule has 0 aromatic carbocycles. The van der Waals surface area contributed by atoms with E-state index >= 15 is 0 Å². The second-order valence-corrected chi connectivity index (χ2v) is 22.7. The van der Waals surface area contributed by atoms with Crippen LogP contribution in [0.3, 0.4) is 0 Å². The first-order valence-electron chi connectivity index (χ1n) is 33.0. The molecule has 0 fully saturated rings. The number of allylic oxidation sites excluding steroid dienone is 26. The van der Waals surface area contributed by atoms with Crippen molar-refractivity contribution in [3.05, 3.63) is 158 Å². The van der Waals surface area contributed by atoms with Crippen molar-refractivity contribution in [2.24, 2.45) is 5.73 Å². The Balaban J connectivity index is 4.06. The van der Waals surface area contributed by atoms with E-state index in [0.717, 1.165) is 116 Å². The van der Waals surface area contributed by atoms with Crippen LogP contribution in [0.1, 0.15) is 258 Å². The van der Waals surface area contributed by atoms with Crippen molar-refractivity contribution in [2.75, 3.05) is 26.4 Å². The van der Waals surface area contributed by atoms with Gasteiger partial charge in [0.05, 0.1) is 13.2 Å². The minimum absolute atomic E-state index is 0.0378. The summed E-state index contributed by atoms with van der Waals surface area (Å²) in [7, 11) is -4.42. The number of nitrogens with two attached hydrogens (primary N) is 1. The summed E-state index contributed by atoms with van der Waals surface area (Å²) in [6, 6.07) is 0. The summed E-state index contributed by atoms with van der Waals surface area (Å²) in [5.74, 6) is -0.887. The van der Waals surface area contributed by atoms with E-state index < -0.39 is 32.5 Å². The molecule has 0 saturated heterocycles. The predicted octanol–water partition coefficient (Wildman–Crippen LogP) is 21.6. The highest BCUT2D eigenvalue weighted by molar-refractivity contribution is 7.47. The van der Waals surface area contributed by atoms with Crippen molar-refractivity contribution < 1.29 is 37.6 Å². The Bertz CT molecular complexity index is 1920. The molecular formula is C73H120NO8P. The Morgan fingerprint density at radius 3 is 1.01 bits per heavy atom. The van der Waals surface area contributed by atoms with Gasteiger partial charge in [-0.15, -0.1) is 0 Å². The molecule has 2 unspecified atom stereocenters. The summed E-state index contributed by atoms with van der Waals surface area (Å²) in [5, 5.41) is 0. The molecule has 0 rings (SSSR count). The zero-order valence-electron chi connectivity index (χ0n) is 52.6.